The van der Waals surface area contributed by atoms with Crippen molar-refractivity contribution in [1.82, 2.24) is 13.8 Å². The van der Waals surface area contributed by atoms with Crippen LogP contribution in [0.25, 0.3) is 10.9 Å². The SMILES string of the molecule is CCc1cn(C)c2ccc(SN3CCN(C)CC3)cc12.O. The van der Waals surface area contributed by atoms with E-state index in [1.807, 2.05) is 11.9 Å². The molecule has 1 aromatic carbocycles. The summed E-state index contributed by atoms with van der Waals surface area (Å²) in [6.07, 6.45) is 3.36. The zero-order valence-electron chi connectivity index (χ0n) is 13.1. The van der Waals surface area contributed by atoms with Gasteiger partial charge in [-0.1, -0.05) is 6.92 Å². The van der Waals surface area contributed by atoms with Crippen molar-refractivity contribution in [3.8, 4) is 0 Å². The number of piperazine rings is 1. The Morgan fingerprint density at radius 2 is 1.81 bits per heavy atom. The Bertz CT molecular complexity index is 603. The highest BCUT2D eigenvalue weighted by Crippen LogP contribution is 2.29. The Hall–Kier alpha value is -1.01. The highest BCUT2D eigenvalue weighted by molar-refractivity contribution is 7.97. The van der Waals surface area contributed by atoms with Gasteiger partial charge in [0.2, 0.25) is 0 Å². The Balaban J connectivity index is 0.00000161. The van der Waals surface area contributed by atoms with Crippen LogP contribution in [0, 0.1) is 0 Å². The molecule has 0 radical (unpaired) electrons. The standard InChI is InChI=1S/C16H23N3S.H2O/c1-4-13-12-18(3)16-6-5-14(11-15(13)16)20-19-9-7-17(2)8-10-19;/h5-6,11-12H,4,7-10H2,1-3H3;1H2. The van der Waals surface area contributed by atoms with E-state index >= 15 is 0 Å². The summed E-state index contributed by atoms with van der Waals surface area (Å²) in [6, 6.07) is 6.87. The highest BCUT2D eigenvalue weighted by atomic mass is 32.2. The van der Waals surface area contributed by atoms with Gasteiger partial charge in [-0.15, -0.1) is 0 Å². The van der Waals surface area contributed by atoms with E-state index in [9.17, 15) is 0 Å². The molecule has 0 bridgehead atoms. The lowest BCUT2D eigenvalue weighted by Crippen LogP contribution is -2.40. The van der Waals surface area contributed by atoms with Crippen molar-refractivity contribution in [2.45, 2.75) is 18.2 Å². The molecule has 21 heavy (non-hydrogen) atoms. The van der Waals surface area contributed by atoms with Crippen LogP contribution in [0.1, 0.15) is 12.5 Å². The first-order valence-electron chi connectivity index (χ1n) is 7.37. The molecule has 3 rings (SSSR count). The molecule has 0 amide bonds. The van der Waals surface area contributed by atoms with E-state index in [1.165, 1.54) is 34.5 Å². The molecule has 116 valence electrons. The van der Waals surface area contributed by atoms with Gasteiger partial charge in [0.25, 0.3) is 0 Å². The maximum absolute atomic E-state index is 2.48. The summed E-state index contributed by atoms with van der Waals surface area (Å²) in [7, 11) is 4.33. The van der Waals surface area contributed by atoms with Crippen LogP contribution in [0.4, 0.5) is 0 Å². The second-order valence-corrected chi connectivity index (χ2v) is 6.79. The minimum atomic E-state index is 0. The van der Waals surface area contributed by atoms with Gasteiger partial charge in [-0.2, -0.15) is 0 Å². The van der Waals surface area contributed by atoms with E-state index in [2.05, 4.69) is 59.2 Å². The van der Waals surface area contributed by atoms with Gasteiger partial charge in [0, 0.05) is 55.2 Å². The Kier molecular flexibility index (Phi) is 5.32. The van der Waals surface area contributed by atoms with Crippen LogP contribution < -0.4 is 0 Å². The fourth-order valence-corrected chi connectivity index (χ4v) is 3.76. The van der Waals surface area contributed by atoms with Gasteiger partial charge < -0.3 is 14.9 Å². The van der Waals surface area contributed by atoms with Crippen LogP contribution in [-0.4, -0.2) is 52.5 Å². The molecule has 2 N–H and O–H groups in total. The fraction of sp³-hybridized carbons (Fsp3) is 0.500. The lowest BCUT2D eigenvalue weighted by molar-refractivity contribution is 0.233. The van der Waals surface area contributed by atoms with Gasteiger partial charge in [-0.25, -0.2) is 4.31 Å². The van der Waals surface area contributed by atoms with Crippen molar-refractivity contribution < 1.29 is 5.48 Å². The van der Waals surface area contributed by atoms with Gasteiger partial charge in [-0.3, -0.25) is 0 Å². The molecule has 0 saturated carbocycles. The van der Waals surface area contributed by atoms with Crippen LogP contribution in [-0.2, 0) is 13.5 Å². The molecule has 1 saturated heterocycles. The summed E-state index contributed by atoms with van der Waals surface area (Å²) in [4.78, 5) is 3.76. The van der Waals surface area contributed by atoms with E-state index in [0.29, 0.717) is 0 Å². The molecular formula is C16H25N3OS. The monoisotopic (exact) mass is 307 g/mol. The molecule has 1 aliphatic rings. The summed E-state index contributed by atoms with van der Waals surface area (Å²) in [5.74, 6) is 0. The number of likely N-dealkylation sites (N-methyl/N-ethyl adjacent to an activating group) is 1. The number of fused-ring (bicyclic) bond motifs is 1. The predicted molar refractivity (Wildman–Crippen MR) is 90.8 cm³/mol. The summed E-state index contributed by atoms with van der Waals surface area (Å²) in [6.45, 7) is 6.86. The van der Waals surface area contributed by atoms with E-state index in [4.69, 9.17) is 0 Å². The predicted octanol–water partition coefficient (Wildman–Crippen LogP) is 2.17. The number of hydrogen-bond acceptors (Lipinski definition) is 3. The fourth-order valence-electron chi connectivity index (χ4n) is 2.82. The number of aryl methyl sites for hydroxylation is 2. The number of hydrogen-bond donors (Lipinski definition) is 0. The molecule has 0 aliphatic carbocycles. The van der Waals surface area contributed by atoms with E-state index in [-0.39, 0.29) is 5.48 Å². The van der Waals surface area contributed by atoms with Crippen LogP contribution in [0.2, 0.25) is 0 Å². The van der Waals surface area contributed by atoms with Crippen LogP contribution in [0.3, 0.4) is 0 Å². The highest BCUT2D eigenvalue weighted by Gasteiger charge is 2.15. The molecule has 1 aromatic heterocycles. The maximum Gasteiger partial charge on any atom is 0.0481 e. The molecule has 5 heteroatoms. The van der Waals surface area contributed by atoms with Crippen LogP contribution >= 0.6 is 11.9 Å². The van der Waals surface area contributed by atoms with Gasteiger partial charge in [0.15, 0.2) is 0 Å². The smallest absolute Gasteiger partial charge is 0.0481 e. The van der Waals surface area contributed by atoms with Crippen molar-refractivity contribution in [3.63, 3.8) is 0 Å². The lowest BCUT2D eigenvalue weighted by atomic mass is 10.1. The van der Waals surface area contributed by atoms with Gasteiger partial charge in [0.1, 0.15) is 0 Å². The Morgan fingerprint density at radius 1 is 1.10 bits per heavy atom. The molecule has 2 aromatic rings. The summed E-state index contributed by atoms with van der Waals surface area (Å²) in [5.41, 5.74) is 2.79. The minimum absolute atomic E-state index is 0. The first-order valence-corrected chi connectivity index (χ1v) is 8.14. The van der Waals surface area contributed by atoms with Crippen molar-refractivity contribution in [3.05, 3.63) is 30.0 Å². The van der Waals surface area contributed by atoms with Crippen molar-refractivity contribution in [1.29, 1.82) is 0 Å². The second kappa shape index (κ2) is 6.83. The van der Waals surface area contributed by atoms with Crippen molar-refractivity contribution in [2.75, 3.05) is 33.2 Å². The summed E-state index contributed by atoms with van der Waals surface area (Å²) < 4.78 is 4.72. The minimum Gasteiger partial charge on any atom is -0.412 e. The average molecular weight is 307 g/mol. The van der Waals surface area contributed by atoms with Crippen molar-refractivity contribution in [2.24, 2.45) is 7.05 Å². The van der Waals surface area contributed by atoms with Crippen LogP contribution in [0.5, 0.6) is 0 Å². The van der Waals surface area contributed by atoms with Crippen molar-refractivity contribution >= 4 is 22.9 Å². The first kappa shape index (κ1) is 16.4. The Labute approximate surface area is 131 Å². The number of aromatic nitrogens is 1. The lowest BCUT2D eigenvalue weighted by Gasteiger charge is -2.31. The van der Waals surface area contributed by atoms with Gasteiger partial charge >= 0.3 is 0 Å². The Morgan fingerprint density at radius 3 is 2.48 bits per heavy atom. The average Bonchev–Trinajstić information content (AvgIpc) is 2.78. The molecule has 1 aliphatic heterocycles. The molecule has 0 atom stereocenters. The first-order chi connectivity index (χ1) is 9.67. The molecule has 1 fully saturated rings. The molecule has 2 heterocycles. The van der Waals surface area contributed by atoms with Gasteiger partial charge in [-0.05, 0) is 49.2 Å². The van der Waals surface area contributed by atoms with E-state index in [1.54, 1.807) is 0 Å². The topological polar surface area (TPSA) is 42.9 Å². The second-order valence-electron chi connectivity index (χ2n) is 5.62. The largest absolute Gasteiger partial charge is 0.412 e. The summed E-state index contributed by atoms with van der Waals surface area (Å²) >= 11 is 1.91. The zero-order chi connectivity index (χ0) is 14.1. The third kappa shape index (κ3) is 3.43. The number of benzene rings is 1. The zero-order valence-corrected chi connectivity index (χ0v) is 13.9. The molecule has 0 spiro atoms. The normalized spacial score (nSPS) is 17.1. The third-order valence-corrected chi connectivity index (χ3v) is 5.21. The molecule has 4 nitrogen and oxygen atoms in total. The van der Waals surface area contributed by atoms with Gasteiger partial charge in [0.05, 0.1) is 0 Å². The third-order valence-electron chi connectivity index (χ3n) is 4.12. The molecule has 0 unspecified atom stereocenters. The quantitative estimate of drug-likeness (QED) is 0.816. The number of rotatable bonds is 3. The number of nitrogens with zero attached hydrogens (tertiary/aromatic N) is 3. The van der Waals surface area contributed by atoms with E-state index < -0.39 is 0 Å². The summed E-state index contributed by atoms with van der Waals surface area (Å²) in [5, 5.41) is 1.41. The molecular weight excluding hydrogens is 282 g/mol. The van der Waals surface area contributed by atoms with E-state index in [0.717, 1.165) is 19.5 Å². The maximum atomic E-state index is 2.48. The van der Waals surface area contributed by atoms with Crippen LogP contribution in [0.15, 0.2) is 29.3 Å².